The van der Waals surface area contributed by atoms with E-state index in [1.54, 1.807) is 0 Å². The predicted molar refractivity (Wildman–Crippen MR) is 154 cm³/mol. The molecule has 0 heterocycles. The van der Waals surface area contributed by atoms with Gasteiger partial charge in [-0.3, -0.25) is 0 Å². The Bertz CT molecular complexity index is 400. The van der Waals surface area contributed by atoms with Crippen LogP contribution < -0.4 is 0 Å². The van der Waals surface area contributed by atoms with Gasteiger partial charge in [-0.1, -0.05) is 207 Å². The van der Waals surface area contributed by atoms with Crippen molar-refractivity contribution in [2.24, 2.45) is 0 Å². The molecule has 0 atom stereocenters. The molecular weight excluding hydrogens is 1300 g/mol. The summed E-state index contributed by atoms with van der Waals surface area (Å²) in [6.45, 7) is 0. The van der Waals surface area contributed by atoms with Gasteiger partial charge in [0, 0.05) is 0 Å². The minimum absolute atomic E-state index is 0.797. The van der Waals surface area contributed by atoms with Crippen molar-refractivity contribution >= 4 is 239 Å². The zero-order chi connectivity index (χ0) is 19.5. The summed E-state index contributed by atoms with van der Waals surface area (Å²) in [5.41, 5.74) is 0. The van der Waals surface area contributed by atoms with Gasteiger partial charge in [-0.25, -0.2) is 5.11 Å². The van der Waals surface area contributed by atoms with Crippen LogP contribution in [0.3, 0.4) is 0 Å². The highest BCUT2D eigenvalue weighted by atomic mass is 80.0. The number of halogens is 15. The molecule has 0 aliphatic carbocycles. The molecular formula is C7Br15O. The van der Waals surface area contributed by atoms with Gasteiger partial charge in [-0.05, 0) is 31.9 Å². The largest absolute Gasteiger partial charge is 0.239 e. The number of hydrogen-bond acceptors (Lipinski definition) is 0. The SMILES string of the molecule is [O]C(Br)(Br)C(Br)(Br)C(Br)(Br)C(Br)(Br)C(Br)(Br)C(Br)(Br)C(Br)(Br)Br. The minimum Gasteiger partial charge on any atom is -0.202 e. The van der Waals surface area contributed by atoms with Gasteiger partial charge < -0.3 is 0 Å². The topological polar surface area (TPSA) is 19.9 Å². The van der Waals surface area contributed by atoms with Crippen molar-refractivity contribution in [1.82, 2.24) is 0 Å². The quantitative estimate of drug-likeness (QED) is 0.245. The molecule has 0 fully saturated rings. The Morgan fingerprint density at radius 1 is 0.348 bits per heavy atom. The van der Waals surface area contributed by atoms with Crippen molar-refractivity contribution in [3.05, 3.63) is 0 Å². The van der Waals surface area contributed by atoms with Crippen LogP contribution in [-0.2, 0) is 5.11 Å². The first-order chi connectivity index (χ1) is 9.50. The Hall–Kier alpha value is 7.16. The summed E-state index contributed by atoms with van der Waals surface area (Å²) < 4.78 is -8.00. The molecule has 139 valence electrons. The molecule has 0 rings (SSSR count). The Morgan fingerprint density at radius 2 is 0.565 bits per heavy atom. The lowest BCUT2D eigenvalue weighted by atomic mass is 10.1. The zero-order valence-corrected chi connectivity index (χ0v) is 33.4. The van der Waals surface area contributed by atoms with Gasteiger partial charge >= 0.3 is 0 Å². The van der Waals surface area contributed by atoms with E-state index in [4.69, 9.17) is 0 Å². The average molecular weight is 1300 g/mol. The van der Waals surface area contributed by atoms with E-state index < -0.39 is 21.7 Å². The van der Waals surface area contributed by atoms with Crippen LogP contribution in [-0.4, -0.2) is 21.7 Å². The van der Waals surface area contributed by atoms with Gasteiger partial charge in [-0.2, -0.15) is 0 Å². The molecule has 0 aromatic carbocycles. The molecule has 0 amide bonds. The van der Waals surface area contributed by atoms with E-state index in [2.05, 4.69) is 239 Å². The van der Waals surface area contributed by atoms with Gasteiger partial charge in [0.25, 0.3) is 0 Å². The normalized spacial score (nSPS) is 16.7. The van der Waals surface area contributed by atoms with E-state index in [-0.39, 0.29) is 0 Å². The van der Waals surface area contributed by atoms with E-state index in [1.807, 2.05) is 0 Å². The summed E-state index contributed by atoms with van der Waals surface area (Å²) in [5.74, 6) is 0. The summed E-state index contributed by atoms with van der Waals surface area (Å²) in [4.78, 5) is 0. The van der Waals surface area contributed by atoms with Crippen molar-refractivity contribution in [1.29, 1.82) is 0 Å². The number of hydrogen-bond donors (Lipinski definition) is 0. The number of alkyl halides is 15. The monoisotopic (exact) mass is 1280 g/mol. The van der Waals surface area contributed by atoms with Crippen LogP contribution in [0.1, 0.15) is 0 Å². The summed E-state index contributed by atoms with van der Waals surface area (Å²) in [5, 5.41) is 12.5. The van der Waals surface area contributed by atoms with E-state index in [1.165, 1.54) is 0 Å². The molecule has 0 saturated heterocycles. The van der Waals surface area contributed by atoms with Crippen LogP contribution in [0.4, 0.5) is 0 Å². The Balaban J connectivity index is 6.37. The molecule has 1 radical (unpaired) electrons. The van der Waals surface area contributed by atoms with Gasteiger partial charge in [0.15, 0.2) is 5.38 Å². The molecule has 0 aliphatic rings. The maximum absolute atomic E-state index is 12.5. The molecule has 16 heteroatoms. The average Bonchev–Trinajstić information content (AvgIpc) is 2.24. The van der Waals surface area contributed by atoms with Gasteiger partial charge in [0.05, 0.1) is 0 Å². The fraction of sp³-hybridized carbons (Fsp3) is 1.00. The minimum atomic E-state index is -1.79. The van der Waals surface area contributed by atoms with Crippen LogP contribution >= 0.6 is 239 Å². The Kier molecular flexibility index (Phi) is 12.5. The van der Waals surface area contributed by atoms with E-state index in [0.29, 0.717) is 0 Å². The third kappa shape index (κ3) is 5.75. The van der Waals surface area contributed by atoms with Crippen LogP contribution in [0.25, 0.3) is 0 Å². The van der Waals surface area contributed by atoms with E-state index >= 15 is 0 Å². The third-order valence-corrected chi connectivity index (χ3v) is 30.9. The van der Waals surface area contributed by atoms with Gasteiger partial charge in [-0.15, -0.1) is 0 Å². The maximum Gasteiger partial charge on any atom is 0.239 e. The van der Waals surface area contributed by atoms with E-state index in [9.17, 15) is 5.11 Å². The number of rotatable bonds is 5. The van der Waals surface area contributed by atoms with Gasteiger partial charge in [0.2, 0.25) is 3.42 Å². The zero-order valence-electron chi connectivity index (χ0n) is 9.58. The molecule has 0 N–H and O–H groups in total. The van der Waals surface area contributed by atoms with Crippen molar-refractivity contribution < 1.29 is 5.11 Å². The molecule has 0 aliphatic heterocycles. The van der Waals surface area contributed by atoms with E-state index in [0.717, 1.165) is 0 Å². The summed E-state index contributed by atoms with van der Waals surface area (Å²) in [6, 6.07) is 0. The molecule has 0 bridgehead atoms. The van der Waals surface area contributed by atoms with Crippen LogP contribution in [0.15, 0.2) is 0 Å². The lowest BCUT2D eigenvalue weighted by Crippen LogP contribution is -2.65. The van der Waals surface area contributed by atoms with Crippen LogP contribution in [0.5, 0.6) is 0 Å². The highest BCUT2D eigenvalue weighted by molar-refractivity contribution is 9.42. The Labute approximate surface area is 260 Å². The van der Waals surface area contributed by atoms with Crippen LogP contribution in [0, 0.1) is 0 Å². The maximum atomic E-state index is 12.5. The molecule has 0 saturated carbocycles. The third-order valence-electron chi connectivity index (χ3n) is 2.30. The summed E-state index contributed by atoms with van der Waals surface area (Å²) in [7, 11) is 0. The first-order valence-electron chi connectivity index (χ1n) is 4.54. The molecule has 1 nitrogen and oxygen atoms in total. The summed E-state index contributed by atoms with van der Waals surface area (Å²) in [6.07, 6.45) is 0. The lowest BCUT2D eigenvalue weighted by molar-refractivity contribution is 0.137. The molecule has 0 spiro atoms. The predicted octanol–water partition coefficient (Wildman–Crippen LogP) is 11.1. The molecule has 0 aromatic rings. The van der Waals surface area contributed by atoms with Gasteiger partial charge in [0.1, 0.15) is 12.9 Å². The molecule has 0 unspecified atom stereocenters. The van der Waals surface area contributed by atoms with Crippen LogP contribution in [0.2, 0.25) is 0 Å². The first kappa shape index (κ1) is 30.2. The fourth-order valence-electron chi connectivity index (χ4n) is 0.952. The fourth-order valence-corrected chi connectivity index (χ4v) is 13.0. The van der Waals surface area contributed by atoms with Crippen molar-refractivity contribution in [2.75, 3.05) is 0 Å². The second-order valence-electron chi connectivity index (χ2n) is 3.89. The molecule has 23 heavy (non-hydrogen) atoms. The lowest BCUT2D eigenvalue weighted by Gasteiger charge is -2.54. The second-order valence-corrected chi connectivity index (χ2v) is 31.2. The smallest absolute Gasteiger partial charge is 0.202 e. The van der Waals surface area contributed by atoms with Crippen molar-refractivity contribution in [3.63, 3.8) is 0 Å². The summed E-state index contributed by atoms with van der Waals surface area (Å²) >= 11 is 52.4. The first-order valence-corrected chi connectivity index (χ1v) is 16.4. The van der Waals surface area contributed by atoms with Crippen molar-refractivity contribution in [2.45, 2.75) is 21.7 Å². The highest BCUT2D eigenvalue weighted by Crippen LogP contribution is 2.76. The van der Waals surface area contributed by atoms with Crippen molar-refractivity contribution in [3.8, 4) is 0 Å². The second kappa shape index (κ2) is 9.57. The Morgan fingerprint density at radius 3 is 0.783 bits per heavy atom. The molecule has 0 aromatic heterocycles. The standard InChI is InChI=1S/C7Br15O/c8-1(9,2(10,11)4(14,15)6(18,19)20)3(12,13)5(16,17)7(21,22)23. The highest BCUT2D eigenvalue weighted by Gasteiger charge is 2.75.